The molecule has 0 bridgehead atoms. The Morgan fingerprint density at radius 1 is 1.27 bits per heavy atom. The number of rotatable bonds is 2. The third kappa shape index (κ3) is 1.38. The minimum atomic E-state index is -0.998. The number of aliphatic carboxylic acids is 1. The van der Waals surface area contributed by atoms with Gasteiger partial charge in [-0.1, -0.05) is 6.07 Å². The molecule has 1 fully saturated rings. The zero-order chi connectivity index (χ0) is 11.2. The fraction of sp³-hybridized carbons (Fsp3) is 0.300. The van der Waals surface area contributed by atoms with Crippen LogP contribution >= 0.6 is 15.9 Å². The second kappa shape index (κ2) is 3.13. The Bertz CT molecular complexity index is 437. The molecular formula is C10H9BrO4. The van der Waals surface area contributed by atoms with Crippen LogP contribution in [0.25, 0.3) is 0 Å². The molecule has 1 aliphatic carbocycles. The number of halogens is 1. The van der Waals surface area contributed by atoms with Crippen molar-refractivity contribution in [3.05, 3.63) is 22.2 Å². The summed E-state index contributed by atoms with van der Waals surface area (Å²) in [5.74, 6) is -1.61. The molecule has 0 unspecified atom stereocenters. The smallest absolute Gasteiger partial charge is 0.314 e. The summed E-state index contributed by atoms with van der Waals surface area (Å²) >= 11 is 3.05. The van der Waals surface area contributed by atoms with E-state index in [4.69, 9.17) is 5.11 Å². The minimum absolute atomic E-state index is 0.288. The SMILES string of the molecule is O=C(O)C1(c2ccc(Br)c(O)c2O)CC1. The summed E-state index contributed by atoms with van der Waals surface area (Å²) in [6, 6.07) is 3.06. The summed E-state index contributed by atoms with van der Waals surface area (Å²) in [4.78, 5) is 11.0. The second-order valence-corrected chi connectivity index (χ2v) is 4.53. The number of aromatic hydroxyl groups is 2. The Morgan fingerprint density at radius 3 is 2.33 bits per heavy atom. The van der Waals surface area contributed by atoms with Crippen molar-refractivity contribution in [3.8, 4) is 11.5 Å². The Kier molecular flexibility index (Phi) is 2.15. The van der Waals surface area contributed by atoms with E-state index in [0.29, 0.717) is 17.3 Å². The molecule has 2 rings (SSSR count). The average molecular weight is 273 g/mol. The minimum Gasteiger partial charge on any atom is -0.504 e. The maximum atomic E-state index is 11.0. The maximum absolute atomic E-state index is 11.0. The molecule has 0 aliphatic heterocycles. The van der Waals surface area contributed by atoms with Crippen LogP contribution in [-0.2, 0) is 10.2 Å². The van der Waals surface area contributed by atoms with Gasteiger partial charge < -0.3 is 15.3 Å². The Balaban J connectivity index is 2.55. The van der Waals surface area contributed by atoms with E-state index in [1.807, 2.05) is 0 Å². The predicted molar refractivity (Wildman–Crippen MR) is 56.0 cm³/mol. The van der Waals surface area contributed by atoms with Crippen molar-refractivity contribution in [2.45, 2.75) is 18.3 Å². The summed E-state index contributed by atoms with van der Waals surface area (Å²) in [5.41, 5.74) is -0.710. The first kappa shape index (κ1) is 10.3. The third-order valence-corrected chi connectivity index (χ3v) is 3.42. The van der Waals surface area contributed by atoms with Gasteiger partial charge in [0.15, 0.2) is 11.5 Å². The molecule has 80 valence electrons. The van der Waals surface area contributed by atoms with Crippen LogP contribution in [0.15, 0.2) is 16.6 Å². The van der Waals surface area contributed by atoms with Gasteiger partial charge in [-0.25, -0.2) is 0 Å². The van der Waals surface area contributed by atoms with Crippen molar-refractivity contribution in [1.29, 1.82) is 0 Å². The normalized spacial score (nSPS) is 17.4. The van der Waals surface area contributed by atoms with E-state index in [1.54, 1.807) is 0 Å². The largest absolute Gasteiger partial charge is 0.504 e. The molecule has 0 saturated heterocycles. The van der Waals surface area contributed by atoms with Gasteiger partial charge in [0, 0.05) is 5.56 Å². The maximum Gasteiger partial charge on any atom is 0.314 e. The van der Waals surface area contributed by atoms with Gasteiger partial charge in [-0.3, -0.25) is 4.79 Å². The third-order valence-electron chi connectivity index (χ3n) is 2.78. The number of hydrogen-bond acceptors (Lipinski definition) is 3. The van der Waals surface area contributed by atoms with E-state index >= 15 is 0 Å². The first-order valence-electron chi connectivity index (χ1n) is 4.43. The van der Waals surface area contributed by atoms with E-state index in [1.165, 1.54) is 12.1 Å². The highest BCUT2D eigenvalue weighted by atomic mass is 79.9. The standard InChI is InChI=1S/C10H9BrO4/c11-6-2-1-5(7(12)8(6)13)10(3-4-10)9(14)15/h1-2,12-13H,3-4H2,(H,14,15). The summed E-state index contributed by atoms with van der Waals surface area (Å²) in [5, 5.41) is 28.2. The number of phenolic OH excluding ortho intramolecular Hbond substituents is 2. The van der Waals surface area contributed by atoms with Gasteiger partial charge in [-0.2, -0.15) is 0 Å². The van der Waals surface area contributed by atoms with Crippen molar-refractivity contribution >= 4 is 21.9 Å². The molecule has 1 saturated carbocycles. The molecule has 0 spiro atoms. The summed E-state index contributed by atoms with van der Waals surface area (Å²) in [6.07, 6.45) is 0.994. The Hall–Kier alpha value is -1.23. The van der Waals surface area contributed by atoms with Gasteiger partial charge in [0.1, 0.15) is 0 Å². The van der Waals surface area contributed by atoms with Crippen LogP contribution in [0, 0.1) is 0 Å². The molecule has 0 aromatic heterocycles. The number of phenols is 2. The second-order valence-electron chi connectivity index (χ2n) is 3.68. The number of carboxylic acids is 1. The number of benzene rings is 1. The topological polar surface area (TPSA) is 77.8 Å². The van der Waals surface area contributed by atoms with Crippen LogP contribution in [0.4, 0.5) is 0 Å². The summed E-state index contributed by atoms with van der Waals surface area (Å²) in [7, 11) is 0. The molecule has 15 heavy (non-hydrogen) atoms. The molecule has 1 aliphatic rings. The fourth-order valence-electron chi connectivity index (χ4n) is 1.66. The van der Waals surface area contributed by atoms with Gasteiger partial charge in [-0.05, 0) is 34.8 Å². The van der Waals surface area contributed by atoms with Crippen LogP contribution in [0.5, 0.6) is 11.5 Å². The van der Waals surface area contributed by atoms with Gasteiger partial charge in [0.25, 0.3) is 0 Å². The molecule has 0 atom stereocenters. The van der Waals surface area contributed by atoms with Crippen molar-refractivity contribution in [2.24, 2.45) is 0 Å². The van der Waals surface area contributed by atoms with E-state index in [-0.39, 0.29) is 17.1 Å². The van der Waals surface area contributed by atoms with Gasteiger partial charge in [-0.15, -0.1) is 0 Å². The first-order valence-corrected chi connectivity index (χ1v) is 5.22. The lowest BCUT2D eigenvalue weighted by Gasteiger charge is -2.13. The molecule has 0 radical (unpaired) electrons. The van der Waals surface area contributed by atoms with Crippen LogP contribution in [-0.4, -0.2) is 21.3 Å². The molecule has 5 heteroatoms. The molecule has 4 nitrogen and oxygen atoms in total. The Morgan fingerprint density at radius 2 is 1.87 bits per heavy atom. The lowest BCUT2D eigenvalue weighted by atomic mass is 9.95. The van der Waals surface area contributed by atoms with Gasteiger partial charge >= 0.3 is 5.97 Å². The van der Waals surface area contributed by atoms with Crippen LogP contribution in [0.1, 0.15) is 18.4 Å². The lowest BCUT2D eigenvalue weighted by molar-refractivity contribution is -0.140. The van der Waals surface area contributed by atoms with E-state index in [0.717, 1.165) is 0 Å². The van der Waals surface area contributed by atoms with Crippen molar-refractivity contribution in [3.63, 3.8) is 0 Å². The summed E-state index contributed by atoms with van der Waals surface area (Å²) in [6.45, 7) is 0. The van der Waals surface area contributed by atoms with Gasteiger partial charge in [0.2, 0.25) is 0 Å². The quantitative estimate of drug-likeness (QED) is 0.720. The summed E-state index contributed by atoms with van der Waals surface area (Å²) < 4.78 is 0.352. The molecule has 0 amide bonds. The molecule has 3 N–H and O–H groups in total. The molecule has 0 heterocycles. The fourth-order valence-corrected chi connectivity index (χ4v) is 1.98. The highest BCUT2D eigenvalue weighted by Gasteiger charge is 2.53. The van der Waals surface area contributed by atoms with Gasteiger partial charge in [0.05, 0.1) is 9.89 Å². The number of carboxylic acid groups (broad SMARTS) is 1. The number of hydrogen-bond donors (Lipinski definition) is 3. The lowest BCUT2D eigenvalue weighted by Crippen LogP contribution is -2.19. The van der Waals surface area contributed by atoms with Crippen LogP contribution in [0.2, 0.25) is 0 Å². The zero-order valence-electron chi connectivity index (χ0n) is 7.70. The number of carbonyl (C=O) groups is 1. The van der Waals surface area contributed by atoms with E-state index < -0.39 is 11.4 Å². The van der Waals surface area contributed by atoms with Crippen molar-refractivity contribution in [2.75, 3.05) is 0 Å². The van der Waals surface area contributed by atoms with E-state index in [9.17, 15) is 15.0 Å². The highest BCUT2D eigenvalue weighted by Crippen LogP contribution is 2.54. The molecule has 1 aromatic rings. The van der Waals surface area contributed by atoms with Crippen LogP contribution < -0.4 is 0 Å². The first-order chi connectivity index (χ1) is 6.99. The van der Waals surface area contributed by atoms with Crippen LogP contribution in [0.3, 0.4) is 0 Å². The monoisotopic (exact) mass is 272 g/mol. The van der Waals surface area contributed by atoms with Crippen molar-refractivity contribution in [1.82, 2.24) is 0 Å². The molecule has 1 aromatic carbocycles. The average Bonchev–Trinajstić information content (AvgIpc) is 2.95. The zero-order valence-corrected chi connectivity index (χ0v) is 9.28. The van der Waals surface area contributed by atoms with E-state index in [2.05, 4.69) is 15.9 Å². The highest BCUT2D eigenvalue weighted by molar-refractivity contribution is 9.10. The molecular weight excluding hydrogens is 264 g/mol. The van der Waals surface area contributed by atoms with Crippen molar-refractivity contribution < 1.29 is 20.1 Å². The predicted octanol–water partition coefficient (Wildman–Crippen LogP) is 1.98. The Labute approximate surface area is 94.3 Å².